The van der Waals surface area contributed by atoms with E-state index in [0.717, 1.165) is 29.0 Å². The summed E-state index contributed by atoms with van der Waals surface area (Å²) in [4.78, 5) is 16.5. The van der Waals surface area contributed by atoms with Crippen LogP contribution < -0.4 is 16.4 Å². The molecule has 0 unspecified atom stereocenters. The Morgan fingerprint density at radius 3 is 2.57 bits per heavy atom. The Hall–Kier alpha value is -1.14. The van der Waals surface area contributed by atoms with Crippen LogP contribution in [0.4, 0.5) is 9.80 Å². The van der Waals surface area contributed by atoms with Crippen molar-refractivity contribution in [2.75, 3.05) is 11.9 Å². The Morgan fingerprint density at radius 2 is 1.96 bits per heavy atom. The molecular formula is C17H26N4OS. The topological polar surface area (TPSA) is 80.0 Å². The van der Waals surface area contributed by atoms with Gasteiger partial charge in [-0.1, -0.05) is 6.92 Å². The van der Waals surface area contributed by atoms with Gasteiger partial charge in [-0.05, 0) is 62.2 Å². The van der Waals surface area contributed by atoms with Gasteiger partial charge in [0.2, 0.25) is 0 Å². The summed E-state index contributed by atoms with van der Waals surface area (Å²) in [6.07, 6.45) is 7.31. The monoisotopic (exact) mass is 334 g/mol. The molecule has 5 nitrogen and oxygen atoms in total. The fourth-order valence-corrected chi connectivity index (χ4v) is 6.12. The van der Waals surface area contributed by atoms with Crippen molar-refractivity contribution in [2.24, 2.45) is 29.4 Å². The van der Waals surface area contributed by atoms with E-state index in [4.69, 9.17) is 5.73 Å². The number of nitrogens with zero attached hydrogens (tertiary/aromatic N) is 1. The number of anilines is 1. The van der Waals surface area contributed by atoms with Crippen LogP contribution in [0, 0.1) is 23.7 Å². The summed E-state index contributed by atoms with van der Waals surface area (Å²) >= 11 is 1.47. The van der Waals surface area contributed by atoms with Crippen molar-refractivity contribution < 1.29 is 4.79 Å². The molecule has 4 N–H and O–H groups in total. The van der Waals surface area contributed by atoms with E-state index in [-0.39, 0.29) is 11.6 Å². The lowest BCUT2D eigenvalue weighted by Gasteiger charge is -2.59. The zero-order valence-electron chi connectivity index (χ0n) is 13.7. The lowest BCUT2D eigenvalue weighted by atomic mass is 9.49. The standard InChI is InChI=1S/C17H26N4OS/c1-2-14-15(23-9-20-14)21-16(22)19-8-17(18)12-4-10-3-11(6-12)7-13(17)5-10/h9-13H,2-8,18H2,1H3,(H2,19,21,22). The highest BCUT2D eigenvalue weighted by molar-refractivity contribution is 7.14. The van der Waals surface area contributed by atoms with E-state index in [0.29, 0.717) is 18.4 Å². The molecule has 0 radical (unpaired) electrons. The number of carbonyl (C=O) groups excluding carboxylic acids is 1. The van der Waals surface area contributed by atoms with Crippen LogP contribution in [0.25, 0.3) is 0 Å². The lowest BCUT2D eigenvalue weighted by molar-refractivity contribution is -0.0528. The predicted octanol–water partition coefficient (Wildman–Crippen LogP) is 2.98. The zero-order chi connectivity index (χ0) is 16.0. The summed E-state index contributed by atoms with van der Waals surface area (Å²) in [5.74, 6) is 2.97. The number of aromatic nitrogens is 1. The summed E-state index contributed by atoms with van der Waals surface area (Å²) in [7, 11) is 0. The van der Waals surface area contributed by atoms with Crippen LogP contribution in [0.3, 0.4) is 0 Å². The second kappa shape index (κ2) is 5.74. The minimum absolute atomic E-state index is 0.150. The second-order valence-corrected chi connectivity index (χ2v) is 8.56. The number of carbonyl (C=O) groups is 1. The minimum Gasteiger partial charge on any atom is -0.336 e. The molecule has 5 rings (SSSR count). The quantitative estimate of drug-likeness (QED) is 0.792. The first-order valence-electron chi connectivity index (χ1n) is 8.84. The Morgan fingerprint density at radius 1 is 1.30 bits per heavy atom. The van der Waals surface area contributed by atoms with Gasteiger partial charge in [-0.25, -0.2) is 9.78 Å². The third-order valence-corrected chi connectivity index (χ3v) is 7.20. The van der Waals surface area contributed by atoms with Crippen molar-refractivity contribution in [3.05, 3.63) is 11.2 Å². The molecule has 0 saturated heterocycles. The number of aryl methyl sites for hydroxylation is 1. The van der Waals surface area contributed by atoms with E-state index in [1.165, 1.54) is 43.4 Å². The number of amides is 2. The fraction of sp³-hybridized carbons (Fsp3) is 0.765. The molecule has 126 valence electrons. The normalized spacial score (nSPS) is 37.8. The summed E-state index contributed by atoms with van der Waals surface area (Å²) < 4.78 is 0. The van der Waals surface area contributed by atoms with Gasteiger partial charge < -0.3 is 11.1 Å². The molecule has 0 aliphatic heterocycles. The molecule has 0 aromatic carbocycles. The fourth-order valence-electron chi connectivity index (χ4n) is 5.35. The van der Waals surface area contributed by atoms with Crippen molar-refractivity contribution in [1.29, 1.82) is 0 Å². The van der Waals surface area contributed by atoms with Crippen LogP contribution in [-0.4, -0.2) is 23.1 Å². The van der Waals surface area contributed by atoms with Gasteiger partial charge in [0.05, 0.1) is 11.2 Å². The summed E-state index contributed by atoms with van der Waals surface area (Å²) in [5.41, 5.74) is 9.34. The number of thiazole rings is 1. The number of hydrogen-bond donors (Lipinski definition) is 3. The number of rotatable bonds is 4. The number of nitrogens with two attached hydrogens (primary N) is 1. The van der Waals surface area contributed by atoms with Crippen LogP contribution in [0.15, 0.2) is 5.51 Å². The maximum atomic E-state index is 12.3. The molecule has 0 atom stereocenters. The highest BCUT2D eigenvalue weighted by atomic mass is 32.1. The lowest BCUT2D eigenvalue weighted by Crippen LogP contribution is -2.67. The molecule has 4 bridgehead atoms. The smallest absolute Gasteiger partial charge is 0.319 e. The first-order valence-corrected chi connectivity index (χ1v) is 9.72. The molecule has 1 aromatic rings. The molecule has 1 aromatic heterocycles. The van der Waals surface area contributed by atoms with Crippen molar-refractivity contribution in [3.63, 3.8) is 0 Å². The first kappa shape index (κ1) is 15.4. The third-order valence-electron chi connectivity index (χ3n) is 6.42. The van der Waals surface area contributed by atoms with Gasteiger partial charge >= 0.3 is 6.03 Å². The van der Waals surface area contributed by atoms with Crippen molar-refractivity contribution in [2.45, 2.75) is 51.0 Å². The summed E-state index contributed by atoms with van der Waals surface area (Å²) in [6.45, 7) is 2.63. The Kier molecular flexibility index (Phi) is 3.84. The molecule has 4 saturated carbocycles. The number of urea groups is 1. The third kappa shape index (κ3) is 2.66. The summed E-state index contributed by atoms with van der Waals surface area (Å²) in [6, 6.07) is -0.150. The van der Waals surface area contributed by atoms with Gasteiger partial charge in [-0.2, -0.15) is 0 Å². The van der Waals surface area contributed by atoms with E-state index >= 15 is 0 Å². The molecule has 6 heteroatoms. The molecule has 4 aliphatic rings. The molecule has 2 amide bonds. The Bertz CT molecular complexity index is 571. The summed E-state index contributed by atoms with van der Waals surface area (Å²) in [5, 5.41) is 6.82. The van der Waals surface area contributed by atoms with Gasteiger partial charge in [-0.3, -0.25) is 5.32 Å². The van der Waals surface area contributed by atoms with Crippen LogP contribution in [0.1, 0.15) is 44.7 Å². The van der Waals surface area contributed by atoms with E-state index in [9.17, 15) is 4.79 Å². The molecule has 4 fully saturated rings. The zero-order valence-corrected chi connectivity index (χ0v) is 14.5. The van der Waals surface area contributed by atoms with Crippen molar-refractivity contribution >= 4 is 22.4 Å². The Labute approximate surface area is 141 Å². The highest BCUT2D eigenvalue weighted by Gasteiger charge is 2.55. The van der Waals surface area contributed by atoms with Crippen LogP contribution >= 0.6 is 11.3 Å². The van der Waals surface area contributed by atoms with Crippen molar-refractivity contribution in [1.82, 2.24) is 10.3 Å². The average Bonchev–Trinajstić information content (AvgIpc) is 2.97. The van der Waals surface area contributed by atoms with Crippen LogP contribution in [-0.2, 0) is 6.42 Å². The Balaban J connectivity index is 1.38. The average molecular weight is 334 g/mol. The number of hydrogen-bond acceptors (Lipinski definition) is 4. The van der Waals surface area contributed by atoms with Gasteiger partial charge in [0.1, 0.15) is 5.00 Å². The maximum absolute atomic E-state index is 12.3. The van der Waals surface area contributed by atoms with Gasteiger partial charge in [0, 0.05) is 12.1 Å². The van der Waals surface area contributed by atoms with E-state index in [1.54, 1.807) is 5.51 Å². The predicted molar refractivity (Wildman–Crippen MR) is 92.5 cm³/mol. The second-order valence-electron chi connectivity index (χ2n) is 7.71. The van der Waals surface area contributed by atoms with E-state index in [1.807, 2.05) is 6.92 Å². The molecule has 1 heterocycles. The minimum atomic E-state index is -0.202. The highest BCUT2D eigenvalue weighted by Crippen LogP contribution is 2.57. The van der Waals surface area contributed by atoms with Gasteiger partial charge in [0.25, 0.3) is 0 Å². The van der Waals surface area contributed by atoms with Crippen LogP contribution in [0.5, 0.6) is 0 Å². The molecular weight excluding hydrogens is 308 g/mol. The van der Waals surface area contributed by atoms with E-state index < -0.39 is 0 Å². The van der Waals surface area contributed by atoms with Crippen LogP contribution in [0.2, 0.25) is 0 Å². The number of nitrogens with one attached hydrogen (secondary N) is 2. The van der Waals surface area contributed by atoms with E-state index in [2.05, 4.69) is 15.6 Å². The first-order chi connectivity index (χ1) is 11.1. The maximum Gasteiger partial charge on any atom is 0.319 e. The van der Waals surface area contributed by atoms with Crippen molar-refractivity contribution in [3.8, 4) is 0 Å². The SMILES string of the molecule is CCc1ncsc1NC(=O)NCC1(N)C2CC3CC(C2)CC1C3. The molecule has 0 spiro atoms. The molecule has 23 heavy (non-hydrogen) atoms. The largest absolute Gasteiger partial charge is 0.336 e. The van der Waals surface area contributed by atoms with Gasteiger partial charge in [0.15, 0.2) is 0 Å². The molecule has 4 aliphatic carbocycles. The van der Waals surface area contributed by atoms with Gasteiger partial charge in [-0.15, -0.1) is 11.3 Å².